The fourth-order valence-electron chi connectivity index (χ4n) is 6.19. The second-order valence-electron chi connectivity index (χ2n) is 13.5. The molecule has 0 aliphatic heterocycles. The van der Waals surface area contributed by atoms with E-state index < -0.39 is 5.97 Å². The lowest BCUT2D eigenvalue weighted by Crippen LogP contribution is -2.18. The molecule has 0 aromatic heterocycles. The first kappa shape index (κ1) is 41.9. The third-order valence-corrected chi connectivity index (χ3v) is 9.08. The van der Waals surface area contributed by atoms with E-state index in [2.05, 4.69) is 13.8 Å². The smallest absolute Gasteiger partial charge is 0.306 e. The van der Waals surface area contributed by atoms with Crippen LogP contribution in [0.25, 0.3) is 0 Å². The number of carbonyl (C=O) groups excluding carboxylic acids is 1. The summed E-state index contributed by atoms with van der Waals surface area (Å²) in [6.45, 7) is 4.56. The summed E-state index contributed by atoms with van der Waals surface area (Å²) < 4.78 is 5.98. The van der Waals surface area contributed by atoms with Gasteiger partial charge < -0.3 is 9.84 Å². The molecule has 4 nitrogen and oxygen atoms in total. The number of hydrogen-bond acceptors (Lipinski definition) is 3. The maximum atomic E-state index is 12.6. The van der Waals surface area contributed by atoms with Crippen molar-refractivity contribution in [3.05, 3.63) is 0 Å². The number of aliphatic carboxylic acids is 1. The van der Waals surface area contributed by atoms with Crippen LogP contribution in [0, 0.1) is 0 Å². The van der Waals surface area contributed by atoms with Crippen molar-refractivity contribution in [3.8, 4) is 0 Å². The Kier molecular flexibility index (Phi) is 34.5. The number of carboxylic acid groups (broad SMARTS) is 1. The molecule has 0 saturated heterocycles. The molecule has 0 fully saturated rings. The van der Waals surface area contributed by atoms with Crippen molar-refractivity contribution in [1.82, 2.24) is 0 Å². The van der Waals surface area contributed by atoms with Crippen molar-refractivity contribution >= 4 is 11.9 Å². The van der Waals surface area contributed by atoms with E-state index in [9.17, 15) is 9.59 Å². The van der Waals surface area contributed by atoms with E-state index in [-0.39, 0.29) is 18.5 Å². The number of rotatable bonds is 36. The maximum Gasteiger partial charge on any atom is 0.306 e. The molecular weight excluding hydrogens is 532 g/mol. The Labute approximate surface area is 269 Å². The summed E-state index contributed by atoms with van der Waals surface area (Å²) in [5, 5.41) is 8.84. The van der Waals surface area contributed by atoms with Crippen molar-refractivity contribution in [2.24, 2.45) is 0 Å². The summed E-state index contributed by atoms with van der Waals surface area (Å²) in [6.07, 6.45) is 41.2. The molecule has 0 spiro atoms. The van der Waals surface area contributed by atoms with Crippen molar-refractivity contribution < 1.29 is 19.4 Å². The summed E-state index contributed by atoms with van der Waals surface area (Å²) in [4.78, 5) is 23.4. The number of hydrogen-bond donors (Lipinski definition) is 1. The highest BCUT2D eigenvalue weighted by Gasteiger charge is 2.14. The van der Waals surface area contributed by atoms with Crippen LogP contribution >= 0.6 is 0 Å². The first-order valence-electron chi connectivity index (χ1n) is 19.5. The Bertz CT molecular complexity index is 576. The average molecular weight is 609 g/mol. The largest absolute Gasteiger partial charge is 0.481 e. The predicted octanol–water partition coefficient (Wildman–Crippen LogP) is 13.3. The van der Waals surface area contributed by atoms with Gasteiger partial charge in [-0.2, -0.15) is 0 Å². The second kappa shape index (κ2) is 35.4. The average Bonchev–Trinajstić information content (AvgIpc) is 2.99. The zero-order valence-electron chi connectivity index (χ0n) is 29.3. The molecular formula is C39H76O4. The van der Waals surface area contributed by atoms with Crippen LogP contribution in [0.2, 0.25) is 0 Å². The highest BCUT2D eigenvalue weighted by molar-refractivity contribution is 5.69. The molecule has 0 heterocycles. The van der Waals surface area contributed by atoms with Crippen molar-refractivity contribution in [1.29, 1.82) is 0 Å². The van der Waals surface area contributed by atoms with E-state index in [4.69, 9.17) is 9.84 Å². The third kappa shape index (κ3) is 35.3. The molecule has 1 unspecified atom stereocenters. The van der Waals surface area contributed by atoms with E-state index >= 15 is 0 Å². The van der Waals surface area contributed by atoms with Gasteiger partial charge in [0.05, 0.1) is 0 Å². The molecule has 256 valence electrons. The van der Waals surface area contributed by atoms with Crippen LogP contribution in [0.15, 0.2) is 0 Å². The molecule has 0 radical (unpaired) electrons. The number of carbonyl (C=O) groups is 2. The minimum Gasteiger partial charge on any atom is -0.481 e. The normalized spacial score (nSPS) is 12.0. The number of ether oxygens (including phenoxy) is 1. The van der Waals surface area contributed by atoms with Gasteiger partial charge in [-0.15, -0.1) is 0 Å². The first-order chi connectivity index (χ1) is 21.1. The topological polar surface area (TPSA) is 63.6 Å². The summed E-state index contributed by atoms with van der Waals surface area (Å²) in [7, 11) is 0. The van der Waals surface area contributed by atoms with Crippen LogP contribution in [0.5, 0.6) is 0 Å². The first-order valence-corrected chi connectivity index (χ1v) is 19.5. The van der Waals surface area contributed by atoms with Gasteiger partial charge in [0.2, 0.25) is 0 Å². The minimum atomic E-state index is -0.706. The van der Waals surface area contributed by atoms with E-state index in [1.807, 2.05) is 0 Å². The molecule has 1 atom stereocenters. The zero-order chi connectivity index (χ0) is 31.5. The van der Waals surface area contributed by atoms with Crippen molar-refractivity contribution in [2.75, 3.05) is 0 Å². The third-order valence-electron chi connectivity index (χ3n) is 9.08. The second-order valence-corrected chi connectivity index (χ2v) is 13.5. The molecule has 0 amide bonds. The summed E-state index contributed by atoms with van der Waals surface area (Å²) >= 11 is 0. The molecule has 0 saturated carbocycles. The highest BCUT2D eigenvalue weighted by Crippen LogP contribution is 2.19. The van der Waals surface area contributed by atoms with Gasteiger partial charge in [0.1, 0.15) is 6.10 Å². The molecule has 0 bridgehead atoms. The van der Waals surface area contributed by atoms with Gasteiger partial charge >= 0.3 is 11.9 Å². The van der Waals surface area contributed by atoms with Crippen LogP contribution in [0.3, 0.4) is 0 Å². The van der Waals surface area contributed by atoms with Gasteiger partial charge in [0.15, 0.2) is 0 Å². The monoisotopic (exact) mass is 609 g/mol. The fourth-order valence-corrected chi connectivity index (χ4v) is 6.19. The van der Waals surface area contributed by atoms with Gasteiger partial charge in [-0.25, -0.2) is 0 Å². The minimum absolute atomic E-state index is 0.00579. The lowest BCUT2D eigenvalue weighted by molar-refractivity contribution is -0.150. The molecule has 0 aliphatic carbocycles. The lowest BCUT2D eigenvalue weighted by atomic mass is 10.0. The molecule has 0 rings (SSSR count). The Morgan fingerprint density at radius 3 is 1.02 bits per heavy atom. The van der Waals surface area contributed by atoms with Crippen LogP contribution in [-0.4, -0.2) is 23.1 Å². The molecule has 1 N–H and O–H groups in total. The van der Waals surface area contributed by atoms with Crippen LogP contribution in [0.4, 0.5) is 0 Å². The maximum absolute atomic E-state index is 12.6. The van der Waals surface area contributed by atoms with Crippen LogP contribution < -0.4 is 0 Å². The standard InChI is InChI=1S/C39H76O4/c1-3-5-7-9-11-13-15-17-18-20-22-24-26-32-36-39(42)43-37(34-30-27-28-31-35-38(40)41)33-29-25-23-21-19-16-14-12-10-8-6-4-2/h37H,3-36H2,1-2H3,(H,40,41). The Balaban J connectivity index is 3.95. The van der Waals surface area contributed by atoms with Crippen LogP contribution in [-0.2, 0) is 14.3 Å². The fraction of sp³-hybridized carbons (Fsp3) is 0.949. The van der Waals surface area contributed by atoms with Crippen molar-refractivity contribution in [3.63, 3.8) is 0 Å². The summed E-state index contributed by atoms with van der Waals surface area (Å²) in [5.74, 6) is -0.712. The van der Waals surface area contributed by atoms with E-state index in [1.54, 1.807) is 0 Å². The Morgan fingerprint density at radius 1 is 0.419 bits per heavy atom. The highest BCUT2D eigenvalue weighted by atomic mass is 16.5. The van der Waals surface area contributed by atoms with Gasteiger partial charge in [-0.1, -0.05) is 181 Å². The lowest BCUT2D eigenvalue weighted by Gasteiger charge is -2.18. The zero-order valence-corrected chi connectivity index (χ0v) is 29.3. The number of esters is 1. The molecule has 0 aromatic rings. The number of carboxylic acids is 1. The van der Waals surface area contributed by atoms with Gasteiger partial charge in [0, 0.05) is 12.8 Å². The van der Waals surface area contributed by atoms with Crippen LogP contribution in [0.1, 0.15) is 232 Å². The molecule has 0 aliphatic rings. The Morgan fingerprint density at radius 2 is 0.698 bits per heavy atom. The number of unbranched alkanes of at least 4 members (excludes halogenated alkanes) is 27. The summed E-state index contributed by atoms with van der Waals surface area (Å²) in [6, 6.07) is 0. The van der Waals surface area contributed by atoms with Crippen molar-refractivity contribution in [2.45, 2.75) is 238 Å². The summed E-state index contributed by atoms with van der Waals surface area (Å²) in [5.41, 5.74) is 0. The molecule has 43 heavy (non-hydrogen) atoms. The van der Waals surface area contributed by atoms with Gasteiger partial charge in [-0.3, -0.25) is 9.59 Å². The van der Waals surface area contributed by atoms with E-state index in [1.165, 1.54) is 148 Å². The quantitative estimate of drug-likeness (QED) is 0.0567. The van der Waals surface area contributed by atoms with Gasteiger partial charge in [-0.05, 0) is 38.5 Å². The van der Waals surface area contributed by atoms with E-state index in [0.717, 1.165) is 57.8 Å². The SMILES string of the molecule is CCCCCCCCCCCCCCCCC(=O)OC(CCCCCCCCCCCCCC)CCCCCCC(=O)O. The van der Waals surface area contributed by atoms with E-state index in [0.29, 0.717) is 6.42 Å². The Hall–Kier alpha value is -1.06. The predicted molar refractivity (Wildman–Crippen MR) is 186 cm³/mol. The molecule has 0 aromatic carbocycles. The molecule has 4 heteroatoms. The van der Waals surface area contributed by atoms with Gasteiger partial charge in [0.25, 0.3) is 0 Å².